The van der Waals surface area contributed by atoms with Crippen molar-refractivity contribution in [3.8, 4) is 11.5 Å². The Morgan fingerprint density at radius 3 is 2.69 bits per heavy atom. The number of aryl methyl sites for hydroxylation is 1. The van der Waals surface area contributed by atoms with Crippen LogP contribution in [0.3, 0.4) is 0 Å². The molecular weight excluding hydrogens is 585 g/mol. The number of hydrogen-bond donors (Lipinski definition) is 0. The zero-order chi connectivity index (χ0) is 22.7. The standard InChI is InChI=1S/C25H19BrINO4/c1-15-6-5-7-16(10-15)14-31-23-20(27)11-17(13-22(23)30-2)12-21-25(29)32-24(28-21)18-8-3-4-9-19(18)26/h3-13H,14H2,1-2H3/b21-12-. The molecule has 1 heterocycles. The fourth-order valence-electron chi connectivity index (χ4n) is 3.24. The number of methoxy groups -OCH3 is 1. The first-order chi connectivity index (χ1) is 15.4. The van der Waals surface area contributed by atoms with E-state index in [9.17, 15) is 4.79 Å². The Balaban J connectivity index is 1.60. The predicted molar refractivity (Wildman–Crippen MR) is 136 cm³/mol. The van der Waals surface area contributed by atoms with Crippen LogP contribution in [0.1, 0.15) is 22.3 Å². The lowest BCUT2D eigenvalue weighted by atomic mass is 10.1. The molecule has 7 heteroatoms. The van der Waals surface area contributed by atoms with Gasteiger partial charge in [0.05, 0.1) is 16.2 Å². The third-order valence-corrected chi connectivity index (χ3v) is 6.24. The molecule has 0 bridgehead atoms. The Kier molecular flexibility index (Phi) is 6.95. The van der Waals surface area contributed by atoms with Gasteiger partial charge in [-0.3, -0.25) is 0 Å². The van der Waals surface area contributed by atoms with Crippen LogP contribution in [0.2, 0.25) is 0 Å². The van der Waals surface area contributed by atoms with Crippen LogP contribution in [0.25, 0.3) is 6.08 Å². The second-order valence-corrected chi connectivity index (χ2v) is 9.14. The molecule has 0 saturated carbocycles. The van der Waals surface area contributed by atoms with E-state index in [1.54, 1.807) is 13.2 Å². The molecule has 1 aliphatic rings. The highest BCUT2D eigenvalue weighted by Crippen LogP contribution is 2.35. The Hall–Kier alpha value is -2.65. The number of benzene rings is 3. The summed E-state index contributed by atoms with van der Waals surface area (Å²) >= 11 is 5.66. The third kappa shape index (κ3) is 5.05. The van der Waals surface area contributed by atoms with E-state index in [4.69, 9.17) is 14.2 Å². The molecule has 4 rings (SSSR count). The van der Waals surface area contributed by atoms with Gasteiger partial charge in [0.25, 0.3) is 0 Å². The minimum absolute atomic E-state index is 0.224. The van der Waals surface area contributed by atoms with Gasteiger partial charge < -0.3 is 14.2 Å². The Labute approximate surface area is 208 Å². The van der Waals surface area contributed by atoms with E-state index in [2.05, 4.69) is 62.6 Å². The van der Waals surface area contributed by atoms with E-state index in [0.29, 0.717) is 18.1 Å². The van der Waals surface area contributed by atoms with Crippen molar-refractivity contribution >= 4 is 56.5 Å². The lowest BCUT2D eigenvalue weighted by Crippen LogP contribution is -2.05. The van der Waals surface area contributed by atoms with Gasteiger partial charge in [-0.05, 0) is 86.9 Å². The minimum Gasteiger partial charge on any atom is -0.493 e. The number of carbonyl (C=O) groups is 1. The number of nitrogens with zero attached hydrogens (tertiary/aromatic N) is 1. The summed E-state index contributed by atoms with van der Waals surface area (Å²) in [5, 5.41) is 0. The van der Waals surface area contributed by atoms with Crippen molar-refractivity contribution in [1.29, 1.82) is 0 Å². The molecule has 3 aromatic carbocycles. The summed E-state index contributed by atoms with van der Waals surface area (Å²) in [6, 6.07) is 19.4. The van der Waals surface area contributed by atoms with Crippen LogP contribution >= 0.6 is 38.5 Å². The van der Waals surface area contributed by atoms with Crippen LogP contribution < -0.4 is 9.47 Å². The number of aliphatic imine (C=N–C) groups is 1. The molecule has 0 fully saturated rings. The highest BCUT2D eigenvalue weighted by atomic mass is 127. The van der Waals surface area contributed by atoms with E-state index < -0.39 is 5.97 Å². The molecule has 0 aliphatic carbocycles. The lowest BCUT2D eigenvalue weighted by molar-refractivity contribution is -0.129. The van der Waals surface area contributed by atoms with E-state index in [0.717, 1.165) is 24.7 Å². The van der Waals surface area contributed by atoms with E-state index >= 15 is 0 Å². The van der Waals surface area contributed by atoms with Gasteiger partial charge in [-0.2, -0.15) is 0 Å². The monoisotopic (exact) mass is 603 g/mol. The fourth-order valence-corrected chi connectivity index (χ4v) is 4.47. The van der Waals surface area contributed by atoms with Crippen molar-refractivity contribution in [2.75, 3.05) is 7.11 Å². The van der Waals surface area contributed by atoms with Gasteiger partial charge in [0.1, 0.15) is 6.61 Å². The molecule has 162 valence electrons. The zero-order valence-electron chi connectivity index (χ0n) is 17.4. The van der Waals surface area contributed by atoms with Crippen LogP contribution in [0.15, 0.2) is 75.8 Å². The summed E-state index contributed by atoms with van der Waals surface area (Å²) in [6.45, 7) is 2.48. The number of cyclic esters (lactones) is 1. The zero-order valence-corrected chi connectivity index (χ0v) is 21.1. The number of ether oxygens (including phenoxy) is 3. The average molecular weight is 604 g/mol. The van der Waals surface area contributed by atoms with Crippen molar-refractivity contribution in [2.24, 2.45) is 4.99 Å². The number of hydrogen-bond acceptors (Lipinski definition) is 5. The maximum Gasteiger partial charge on any atom is 0.363 e. The molecular formula is C25H19BrINO4. The molecule has 1 aliphatic heterocycles. The molecule has 0 aromatic heterocycles. The van der Waals surface area contributed by atoms with Crippen molar-refractivity contribution in [3.63, 3.8) is 0 Å². The second-order valence-electron chi connectivity index (χ2n) is 7.13. The van der Waals surface area contributed by atoms with Crippen molar-refractivity contribution in [2.45, 2.75) is 13.5 Å². The van der Waals surface area contributed by atoms with Gasteiger partial charge in [0.2, 0.25) is 5.90 Å². The fraction of sp³-hybridized carbons (Fsp3) is 0.120. The van der Waals surface area contributed by atoms with E-state index in [1.807, 2.05) is 48.5 Å². The molecule has 0 atom stereocenters. The highest BCUT2D eigenvalue weighted by Gasteiger charge is 2.25. The van der Waals surface area contributed by atoms with Gasteiger partial charge >= 0.3 is 5.97 Å². The third-order valence-electron chi connectivity index (χ3n) is 4.75. The van der Waals surface area contributed by atoms with Crippen LogP contribution in [0.4, 0.5) is 0 Å². The number of halogens is 2. The molecule has 0 spiro atoms. The first-order valence-corrected chi connectivity index (χ1v) is 11.6. The molecule has 5 nitrogen and oxygen atoms in total. The lowest BCUT2D eigenvalue weighted by Gasteiger charge is -2.14. The van der Waals surface area contributed by atoms with Crippen LogP contribution in [-0.4, -0.2) is 19.0 Å². The number of esters is 1. The van der Waals surface area contributed by atoms with Gasteiger partial charge in [-0.1, -0.05) is 42.0 Å². The van der Waals surface area contributed by atoms with Gasteiger partial charge in [-0.15, -0.1) is 0 Å². The molecule has 32 heavy (non-hydrogen) atoms. The maximum absolute atomic E-state index is 12.4. The van der Waals surface area contributed by atoms with Gasteiger partial charge in [0, 0.05) is 4.47 Å². The van der Waals surface area contributed by atoms with Gasteiger partial charge in [-0.25, -0.2) is 9.79 Å². The summed E-state index contributed by atoms with van der Waals surface area (Å²) in [5.41, 5.74) is 3.97. The second kappa shape index (κ2) is 9.87. The largest absolute Gasteiger partial charge is 0.493 e. The van der Waals surface area contributed by atoms with Crippen LogP contribution in [0, 0.1) is 10.5 Å². The number of carbonyl (C=O) groups excluding carboxylic acids is 1. The SMILES string of the molecule is COc1cc(/C=C2\N=C(c3ccccc3Br)OC2=O)cc(I)c1OCc1cccc(C)c1. The van der Waals surface area contributed by atoms with Crippen molar-refractivity contribution in [1.82, 2.24) is 0 Å². The summed E-state index contributed by atoms with van der Waals surface area (Å²) in [6.07, 6.45) is 1.68. The summed E-state index contributed by atoms with van der Waals surface area (Å²) in [4.78, 5) is 16.8. The topological polar surface area (TPSA) is 57.1 Å². The first-order valence-electron chi connectivity index (χ1n) is 9.78. The molecule has 0 unspecified atom stereocenters. The van der Waals surface area contributed by atoms with Crippen molar-refractivity contribution in [3.05, 3.63) is 96.7 Å². The normalized spacial score (nSPS) is 14.3. The Bertz CT molecular complexity index is 1250. The van der Waals surface area contributed by atoms with Crippen molar-refractivity contribution < 1.29 is 19.0 Å². The number of rotatable bonds is 6. The predicted octanol–water partition coefficient (Wildman–Crippen LogP) is 6.29. The van der Waals surface area contributed by atoms with E-state index in [-0.39, 0.29) is 11.6 Å². The van der Waals surface area contributed by atoms with E-state index in [1.165, 1.54) is 5.56 Å². The first kappa shape index (κ1) is 22.5. The molecule has 3 aromatic rings. The van der Waals surface area contributed by atoms with Gasteiger partial charge in [0.15, 0.2) is 17.2 Å². The maximum atomic E-state index is 12.4. The Morgan fingerprint density at radius 1 is 1.12 bits per heavy atom. The van der Waals surface area contributed by atoms with Crippen LogP contribution in [0.5, 0.6) is 11.5 Å². The molecule has 0 N–H and O–H groups in total. The average Bonchev–Trinajstić information content (AvgIpc) is 3.13. The summed E-state index contributed by atoms with van der Waals surface area (Å²) in [7, 11) is 1.59. The molecule has 0 amide bonds. The minimum atomic E-state index is -0.496. The highest BCUT2D eigenvalue weighted by molar-refractivity contribution is 14.1. The molecule has 0 radical (unpaired) electrons. The van der Waals surface area contributed by atoms with Crippen LogP contribution in [-0.2, 0) is 16.1 Å². The molecule has 0 saturated heterocycles. The Morgan fingerprint density at radius 2 is 1.94 bits per heavy atom. The summed E-state index contributed by atoms with van der Waals surface area (Å²) < 4.78 is 18.7. The summed E-state index contributed by atoms with van der Waals surface area (Å²) in [5.74, 6) is 1.01. The smallest absolute Gasteiger partial charge is 0.363 e. The quantitative estimate of drug-likeness (QED) is 0.189.